The molecule has 2 heterocycles. The number of nitrogens with zero attached hydrogens (tertiary/aromatic N) is 3. The summed E-state index contributed by atoms with van der Waals surface area (Å²) in [5, 5.41) is 3.28. The summed E-state index contributed by atoms with van der Waals surface area (Å²) >= 11 is 0. The van der Waals surface area contributed by atoms with Gasteiger partial charge in [-0.3, -0.25) is 0 Å². The maximum Gasteiger partial charge on any atom is 0.416 e. The number of rotatable bonds is 6. The van der Waals surface area contributed by atoms with E-state index in [2.05, 4.69) is 15.3 Å². The Bertz CT molecular complexity index is 1220. The first-order chi connectivity index (χ1) is 14.8. The van der Waals surface area contributed by atoms with Crippen LogP contribution >= 0.6 is 0 Å². The van der Waals surface area contributed by atoms with Gasteiger partial charge in [0.2, 0.25) is 0 Å². The maximum atomic E-state index is 12.9. The lowest BCUT2D eigenvalue weighted by molar-refractivity contribution is -0.137. The Morgan fingerprint density at radius 2 is 1.94 bits per heavy atom. The van der Waals surface area contributed by atoms with Gasteiger partial charge in [-0.05, 0) is 55.0 Å². The highest BCUT2D eigenvalue weighted by Gasteiger charge is 2.30. The molecular formula is C22H20F3N5O. The van der Waals surface area contributed by atoms with Crippen molar-refractivity contribution in [1.29, 1.82) is 0 Å². The van der Waals surface area contributed by atoms with Crippen LogP contribution < -0.4 is 15.8 Å². The zero-order valence-corrected chi connectivity index (χ0v) is 16.6. The van der Waals surface area contributed by atoms with Gasteiger partial charge in [0.1, 0.15) is 23.3 Å². The molecule has 31 heavy (non-hydrogen) atoms. The molecule has 4 rings (SSSR count). The summed E-state index contributed by atoms with van der Waals surface area (Å²) in [6.07, 6.45) is -1.03. The second-order valence-corrected chi connectivity index (χ2v) is 6.99. The SMILES string of the molecule is Cc1cc(Nc2ncnc3ccn(CCN)c23)ccc1Oc1cccc(C(F)(F)F)c1. The standard InChI is InChI=1S/C22H20F3N5O/c1-14-11-16(29-21-20-18(27-13-28-21)7-9-30(20)10-8-26)5-6-19(14)31-17-4-2-3-15(12-17)22(23,24)25/h2-7,9,11-13H,8,10,26H2,1H3,(H,27,28,29). The molecule has 2 aromatic heterocycles. The minimum Gasteiger partial charge on any atom is -0.457 e. The summed E-state index contributed by atoms with van der Waals surface area (Å²) in [6.45, 7) is 2.94. The van der Waals surface area contributed by atoms with Crippen LogP contribution in [0.5, 0.6) is 11.5 Å². The normalized spacial score (nSPS) is 11.6. The summed E-state index contributed by atoms with van der Waals surface area (Å²) < 4.78 is 46.5. The number of nitrogens with two attached hydrogens (primary N) is 1. The van der Waals surface area contributed by atoms with E-state index in [4.69, 9.17) is 10.5 Å². The summed E-state index contributed by atoms with van der Waals surface area (Å²) in [4.78, 5) is 8.62. The van der Waals surface area contributed by atoms with Crippen LogP contribution in [0, 0.1) is 6.92 Å². The second kappa shape index (κ2) is 8.27. The molecule has 0 saturated carbocycles. The van der Waals surface area contributed by atoms with Crippen LogP contribution in [0.4, 0.5) is 24.7 Å². The number of nitrogens with one attached hydrogen (secondary N) is 1. The van der Waals surface area contributed by atoms with Crippen molar-refractivity contribution < 1.29 is 17.9 Å². The molecular weight excluding hydrogens is 407 g/mol. The fourth-order valence-corrected chi connectivity index (χ4v) is 3.29. The molecule has 0 aliphatic heterocycles. The lowest BCUT2D eigenvalue weighted by Crippen LogP contribution is -2.10. The van der Waals surface area contributed by atoms with Crippen molar-refractivity contribution in [2.75, 3.05) is 11.9 Å². The van der Waals surface area contributed by atoms with Gasteiger partial charge in [-0.15, -0.1) is 0 Å². The van der Waals surface area contributed by atoms with Gasteiger partial charge in [-0.2, -0.15) is 13.2 Å². The molecule has 0 radical (unpaired) electrons. The van der Waals surface area contributed by atoms with E-state index >= 15 is 0 Å². The second-order valence-electron chi connectivity index (χ2n) is 6.99. The van der Waals surface area contributed by atoms with E-state index in [1.165, 1.54) is 18.5 Å². The largest absolute Gasteiger partial charge is 0.457 e. The number of benzene rings is 2. The highest BCUT2D eigenvalue weighted by molar-refractivity contribution is 5.88. The molecule has 0 fully saturated rings. The minimum absolute atomic E-state index is 0.121. The van der Waals surface area contributed by atoms with Crippen molar-refractivity contribution in [2.45, 2.75) is 19.6 Å². The first-order valence-corrected chi connectivity index (χ1v) is 9.58. The van der Waals surface area contributed by atoms with Gasteiger partial charge in [0.15, 0.2) is 5.82 Å². The topological polar surface area (TPSA) is 78.0 Å². The van der Waals surface area contributed by atoms with Crippen LogP contribution in [-0.4, -0.2) is 21.1 Å². The molecule has 0 saturated heterocycles. The maximum absolute atomic E-state index is 12.9. The van der Waals surface area contributed by atoms with Gasteiger partial charge < -0.3 is 20.4 Å². The predicted octanol–water partition coefficient (Wildman–Crippen LogP) is 5.25. The molecule has 4 aromatic rings. The number of anilines is 2. The van der Waals surface area contributed by atoms with Crippen LogP contribution in [0.1, 0.15) is 11.1 Å². The third-order valence-electron chi connectivity index (χ3n) is 4.75. The number of aryl methyl sites for hydroxylation is 1. The molecule has 0 atom stereocenters. The molecule has 0 spiro atoms. The fourth-order valence-electron chi connectivity index (χ4n) is 3.29. The van der Waals surface area contributed by atoms with Crippen LogP contribution in [0.15, 0.2) is 61.1 Å². The van der Waals surface area contributed by atoms with Crippen LogP contribution in [0.3, 0.4) is 0 Å². The predicted molar refractivity (Wildman–Crippen MR) is 113 cm³/mol. The van der Waals surface area contributed by atoms with Gasteiger partial charge in [0.05, 0.1) is 11.1 Å². The number of ether oxygens (including phenoxy) is 1. The number of fused-ring (bicyclic) bond motifs is 1. The smallest absolute Gasteiger partial charge is 0.416 e. The van der Waals surface area contributed by atoms with Crippen LogP contribution in [-0.2, 0) is 12.7 Å². The Morgan fingerprint density at radius 3 is 2.68 bits per heavy atom. The summed E-state index contributed by atoms with van der Waals surface area (Å²) in [7, 11) is 0. The average Bonchev–Trinajstić information content (AvgIpc) is 3.14. The zero-order chi connectivity index (χ0) is 22.0. The third kappa shape index (κ3) is 4.46. The lowest BCUT2D eigenvalue weighted by atomic mass is 10.2. The Kier molecular flexibility index (Phi) is 5.51. The third-order valence-corrected chi connectivity index (χ3v) is 4.75. The number of halogens is 3. The van der Waals surface area contributed by atoms with Crippen molar-refractivity contribution >= 4 is 22.5 Å². The zero-order valence-electron chi connectivity index (χ0n) is 16.6. The Labute approximate surface area is 176 Å². The lowest BCUT2D eigenvalue weighted by Gasteiger charge is -2.14. The average molecular weight is 427 g/mol. The molecule has 160 valence electrons. The highest BCUT2D eigenvalue weighted by Crippen LogP contribution is 2.34. The number of aromatic nitrogens is 3. The molecule has 0 bridgehead atoms. The molecule has 6 nitrogen and oxygen atoms in total. The van der Waals surface area contributed by atoms with Crippen molar-refractivity contribution in [3.05, 3.63) is 72.2 Å². The van der Waals surface area contributed by atoms with Crippen molar-refractivity contribution in [3.63, 3.8) is 0 Å². The van der Waals surface area contributed by atoms with Crippen molar-refractivity contribution in [3.8, 4) is 11.5 Å². The summed E-state index contributed by atoms with van der Waals surface area (Å²) in [5.41, 5.74) is 8.09. The fraction of sp³-hybridized carbons (Fsp3) is 0.182. The number of hydrogen-bond donors (Lipinski definition) is 2. The van der Waals surface area contributed by atoms with E-state index in [1.807, 2.05) is 29.8 Å². The van der Waals surface area contributed by atoms with Crippen LogP contribution in [0.2, 0.25) is 0 Å². The van der Waals surface area contributed by atoms with Gasteiger partial charge in [-0.1, -0.05) is 6.07 Å². The van der Waals surface area contributed by atoms with E-state index in [9.17, 15) is 13.2 Å². The van der Waals surface area contributed by atoms with Crippen molar-refractivity contribution in [2.24, 2.45) is 5.73 Å². The van der Waals surface area contributed by atoms with E-state index < -0.39 is 11.7 Å². The number of alkyl halides is 3. The van der Waals surface area contributed by atoms with Gasteiger partial charge >= 0.3 is 6.18 Å². The summed E-state index contributed by atoms with van der Waals surface area (Å²) in [5.74, 6) is 1.22. The van der Waals surface area contributed by atoms with E-state index in [0.717, 1.165) is 34.4 Å². The summed E-state index contributed by atoms with van der Waals surface area (Å²) in [6, 6.07) is 12.0. The molecule has 3 N–H and O–H groups in total. The molecule has 0 amide bonds. The van der Waals surface area contributed by atoms with E-state index in [0.29, 0.717) is 24.7 Å². The van der Waals surface area contributed by atoms with Crippen molar-refractivity contribution in [1.82, 2.24) is 14.5 Å². The van der Waals surface area contributed by atoms with Gasteiger partial charge in [0.25, 0.3) is 0 Å². The highest BCUT2D eigenvalue weighted by atomic mass is 19.4. The van der Waals surface area contributed by atoms with Crippen LogP contribution in [0.25, 0.3) is 11.0 Å². The van der Waals surface area contributed by atoms with E-state index in [-0.39, 0.29) is 5.75 Å². The molecule has 0 aliphatic carbocycles. The Morgan fingerprint density at radius 1 is 1.10 bits per heavy atom. The molecule has 9 heteroatoms. The Hall–Kier alpha value is -3.59. The first-order valence-electron chi connectivity index (χ1n) is 9.58. The monoisotopic (exact) mass is 427 g/mol. The van der Waals surface area contributed by atoms with E-state index in [1.54, 1.807) is 12.1 Å². The quantitative estimate of drug-likeness (QED) is 0.439. The molecule has 0 unspecified atom stereocenters. The van der Waals surface area contributed by atoms with Gasteiger partial charge in [0, 0.05) is 25.0 Å². The minimum atomic E-state index is -4.42. The molecule has 2 aromatic carbocycles. The number of hydrogen-bond acceptors (Lipinski definition) is 5. The Balaban J connectivity index is 1.58. The first kappa shape index (κ1) is 20.7. The molecule has 0 aliphatic rings. The van der Waals surface area contributed by atoms with Gasteiger partial charge in [-0.25, -0.2) is 9.97 Å².